The molecular weight excluding hydrogens is 224 g/mol. The highest BCUT2D eigenvalue weighted by atomic mass is 79.9. The Morgan fingerprint density at radius 1 is 1.83 bits per heavy atom. The number of ether oxygens (including phenoxy) is 1. The highest BCUT2D eigenvalue weighted by molar-refractivity contribution is 9.12. The summed E-state index contributed by atoms with van der Waals surface area (Å²) in [5, 5.41) is 0. The quantitative estimate of drug-likeness (QED) is 0.546. The fraction of sp³-hybridized carbons (Fsp3) is 0.500. The summed E-state index contributed by atoms with van der Waals surface area (Å²) in [6.07, 6.45) is 2.68. The Labute approximate surface area is 78.9 Å². The molecule has 0 aromatic carbocycles. The van der Waals surface area contributed by atoms with Gasteiger partial charge < -0.3 is 9.53 Å². The van der Waals surface area contributed by atoms with Crippen LogP contribution >= 0.6 is 15.9 Å². The smallest absolute Gasteiger partial charge is 0.345 e. The zero-order chi connectivity index (χ0) is 9.14. The average Bonchev–Trinajstić information content (AvgIpc) is 2.33. The van der Waals surface area contributed by atoms with Gasteiger partial charge in [-0.25, -0.2) is 4.79 Å². The fourth-order valence-electron chi connectivity index (χ4n) is 0.992. The minimum absolute atomic E-state index is 0.0569. The summed E-state index contributed by atoms with van der Waals surface area (Å²) in [5.41, 5.74) is 0. The van der Waals surface area contributed by atoms with Crippen molar-refractivity contribution in [1.29, 1.82) is 0 Å². The maximum absolute atomic E-state index is 10.9. The molecule has 0 bridgehead atoms. The summed E-state index contributed by atoms with van der Waals surface area (Å²) < 4.78 is 5.40. The lowest BCUT2D eigenvalue weighted by Gasteiger charge is -2.13. The maximum Gasteiger partial charge on any atom is 0.345 e. The van der Waals surface area contributed by atoms with E-state index in [9.17, 15) is 9.59 Å². The molecule has 2 atom stereocenters. The van der Waals surface area contributed by atoms with Gasteiger partial charge in [0.1, 0.15) is 16.9 Å². The summed E-state index contributed by atoms with van der Waals surface area (Å²) in [6.45, 7) is 1.87. The molecule has 0 aromatic rings. The lowest BCUT2D eigenvalue weighted by Crippen LogP contribution is -2.17. The maximum atomic E-state index is 10.9. The number of hydrogen-bond acceptors (Lipinski definition) is 3. The van der Waals surface area contributed by atoms with Crippen molar-refractivity contribution in [1.82, 2.24) is 0 Å². The van der Waals surface area contributed by atoms with Crippen LogP contribution in [0.4, 0.5) is 0 Å². The Balaban J connectivity index is 2.56. The van der Waals surface area contributed by atoms with Crippen molar-refractivity contribution in [2.24, 2.45) is 5.92 Å². The number of aldehydes is 1. The molecule has 0 aliphatic carbocycles. The second-order valence-corrected chi connectivity index (χ2v) is 3.62. The summed E-state index contributed by atoms with van der Waals surface area (Å²) in [7, 11) is 0. The molecule has 0 saturated heterocycles. The van der Waals surface area contributed by atoms with Gasteiger partial charge in [0, 0.05) is 12.3 Å². The molecule has 0 aromatic heterocycles. The second kappa shape index (κ2) is 3.85. The first kappa shape index (κ1) is 9.45. The van der Waals surface area contributed by atoms with Gasteiger partial charge in [0.25, 0.3) is 0 Å². The van der Waals surface area contributed by atoms with E-state index in [1.807, 2.05) is 6.92 Å². The molecule has 0 fully saturated rings. The van der Waals surface area contributed by atoms with Gasteiger partial charge >= 0.3 is 5.97 Å². The van der Waals surface area contributed by atoms with Crippen molar-refractivity contribution >= 4 is 28.2 Å². The molecule has 1 aliphatic rings. The molecule has 1 heterocycles. The molecule has 1 rings (SSSR count). The number of carbonyl (C=O) groups excluding carboxylic acids is 2. The number of halogens is 1. The lowest BCUT2D eigenvalue weighted by molar-refractivity contribution is -0.141. The van der Waals surface area contributed by atoms with Gasteiger partial charge in [-0.15, -0.1) is 0 Å². The third-order valence-corrected chi connectivity index (χ3v) is 2.37. The van der Waals surface area contributed by atoms with Crippen LogP contribution in [-0.2, 0) is 14.3 Å². The van der Waals surface area contributed by atoms with E-state index in [1.54, 1.807) is 6.08 Å². The molecule has 3 nitrogen and oxygen atoms in total. The van der Waals surface area contributed by atoms with E-state index in [2.05, 4.69) is 15.9 Å². The third-order valence-electron chi connectivity index (χ3n) is 1.78. The lowest BCUT2D eigenvalue weighted by atomic mass is 10.0. The average molecular weight is 233 g/mol. The number of carbonyl (C=O) groups is 2. The molecule has 0 N–H and O–H groups in total. The van der Waals surface area contributed by atoms with Gasteiger partial charge in [-0.2, -0.15) is 0 Å². The highest BCUT2D eigenvalue weighted by Gasteiger charge is 2.27. The first-order valence-electron chi connectivity index (χ1n) is 3.67. The topological polar surface area (TPSA) is 43.4 Å². The van der Waals surface area contributed by atoms with Gasteiger partial charge in [0.15, 0.2) is 0 Å². The van der Waals surface area contributed by atoms with Gasteiger partial charge in [0.05, 0.1) is 0 Å². The Morgan fingerprint density at radius 3 is 2.92 bits per heavy atom. The van der Waals surface area contributed by atoms with Crippen molar-refractivity contribution in [3.63, 3.8) is 0 Å². The Morgan fingerprint density at radius 2 is 2.50 bits per heavy atom. The molecule has 0 radical (unpaired) electrons. The fourth-order valence-corrected chi connectivity index (χ4v) is 1.35. The SMILES string of the molecule is CC(CC=O)C1C=C(Br)C(=O)O1. The van der Waals surface area contributed by atoms with E-state index in [-0.39, 0.29) is 18.0 Å². The van der Waals surface area contributed by atoms with Gasteiger partial charge in [-0.05, 0) is 22.0 Å². The minimum Gasteiger partial charge on any atom is -0.454 e. The predicted octanol–water partition coefficient (Wildman–Crippen LogP) is 1.42. The second-order valence-electron chi connectivity index (χ2n) is 2.76. The number of rotatable bonds is 3. The molecule has 2 unspecified atom stereocenters. The highest BCUT2D eigenvalue weighted by Crippen LogP contribution is 2.24. The summed E-state index contributed by atoms with van der Waals surface area (Å²) in [4.78, 5) is 21.0. The third kappa shape index (κ3) is 1.94. The monoisotopic (exact) mass is 232 g/mol. The molecule has 12 heavy (non-hydrogen) atoms. The standard InChI is InChI=1S/C8H9BrO3/c1-5(2-3-10)7-4-6(9)8(11)12-7/h3-5,7H,2H2,1H3. The zero-order valence-electron chi connectivity index (χ0n) is 6.62. The van der Waals surface area contributed by atoms with Crippen LogP contribution in [0.25, 0.3) is 0 Å². The summed E-state index contributed by atoms with van der Waals surface area (Å²) in [5.74, 6) is -0.292. The van der Waals surface area contributed by atoms with Crippen LogP contribution in [0, 0.1) is 5.92 Å². The van der Waals surface area contributed by atoms with Crippen LogP contribution in [0.15, 0.2) is 10.6 Å². The first-order valence-corrected chi connectivity index (χ1v) is 4.46. The molecule has 0 saturated carbocycles. The minimum atomic E-state index is -0.349. The van der Waals surface area contributed by atoms with Crippen molar-refractivity contribution in [2.75, 3.05) is 0 Å². The first-order chi connectivity index (χ1) is 5.65. The van der Waals surface area contributed by atoms with E-state index < -0.39 is 0 Å². The van der Waals surface area contributed by atoms with Crippen molar-refractivity contribution < 1.29 is 14.3 Å². The van der Waals surface area contributed by atoms with Crippen LogP contribution in [0.5, 0.6) is 0 Å². The van der Waals surface area contributed by atoms with E-state index in [0.717, 1.165) is 6.29 Å². The van der Waals surface area contributed by atoms with Crippen molar-refractivity contribution in [2.45, 2.75) is 19.4 Å². The normalized spacial score (nSPS) is 24.7. The summed E-state index contributed by atoms with van der Waals surface area (Å²) in [6, 6.07) is 0. The Bertz CT molecular complexity index is 234. The van der Waals surface area contributed by atoms with Gasteiger partial charge in [0.2, 0.25) is 0 Å². The largest absolute Gasteiger partial charge is 0.454 e. The predicted molar refractivity (Wildman–Crippen MR) is 46.7 cm³/mol. The number of hydrogen-bond donors (Lipinski definition) is 0. The molecule has 1 aliphatic heterocycles. The molecule has 0 spiro atoms. The van der Waals surface area contributed by atoms with E-state index in [0.29, 0.717) is 10.9 Å². The van der Waals surface area contributed by atoms with Crippen LogP contribution in [0.2, 0.25) is 0 Å². The van der Waals surface area contributed by atoms with E-state index in [1.165, 1.54) is 0 Å². The van der Waals surface area contributed by atoms with Crippen molar-refractivity contribution in [3.05, 3.63) is 10.6 Å². The molecular formula is C8H9BrO3. The van der Waals surface area contributed by atoms with Crippen LogP contribution < -0.4 is 0 Å². The van der Waals surface area contributed by atoms with Gasteiger partial charge in [-0.1, -0.05) is 6.92 Å². The van der Waals surface area contributed by atoms with Crippen LogP contribution in [0.1, 0.15) is 13.3 Å². The molecule has 4 heteroatoms. The number of esters is 1. The Hall–Kier alpha value is -0.640. The zero-order valence-corrected chi connectivity index (χ0v) is 8.21. The molecule has 0 amide bonds. The van der Waals surface area contributed by atoms with Crippen molar-refractivity contribution in [3.8, 4) is 0 Å². The van der Waals surface area contributed by atoms with E-state index >= 15 is 0 Å². The number of cyclic esters (lactones) is 1. The summed E-state index contributed by atoms with van der Waals surface area (Å²) >= 11 is 3.06. The van der Waals surface area contributed by atoms with E-state index in [4.69, 9.17) is 4.74 Å². The van der Waals surface area contributed by atoms with Crippen LogP contribution in [-0.4, -0.2) is 18.4 Å². The van der Waals surface area contributed by atoms with Crippen LogP contribution in [0.3, 0.4) is 0 Å². The molecule has 66 valence electrons. The Kier molecular flexibility index (Phi) is 3.03. The van der Waals surface area contributed by atoms with Gasteiger partial charge in [-0.3, -0.25) is 0 Å².